The average Bonchev–Trinajstić information content (AvgIpc) is 2.94. The molecule has 0 unspecified atom stereocenters. The summed E-state index contributed by atoms with van der Waals surface area (Å²) >= 11 is 0. The average molecular weight is 259 g/mol. The summed E-state index contributed by atoms with van der Waals surface area (Å²) in [5.74, 6) is 0. The Morgan fingerprint density at radius 2 is 1.60 bits per heavy atom. The topological polar surface area (TPSA) is 30.2 Å². The molecule has 3 heteroatoms. The Morgan fingerprint density at radius 3 is 2.45 bits per heavy atom. The van der Waals surface area contributed by atoms with E-state index in [4.69, 9.17) is 4.98 Å². The van der Waals surface area contributed by atoms with E-state index in [1.807, 2.05) is 43.3 Å². The van der Waals surface area contributed by atoms with E-state index in [0.717, 1.165) is 33.6 Å². The summed E-state index contributed by atoms with van der Waals surface area (Å²) in [5.41, 5.74) is 6.05. The molecule has 0 saturated heterocycles. The Morgan fingerprint density at radius 1 is 0.850 bits per heavy atom. The number of rotatable bonds is 1. The SMILES string of the molecule is Cc1nc2ccccc2n2cc(-c3ccccc3)nc12. The summed E-state index contributed by atoms with van der Waals surface area (Å²) in [6.07, 6.45) is 2.08. The Bertz CT molecular complexity index is 907. The fourth-order valence-electron chi connectivity index (χ4n) is 2.56. The van der Waals surface area contributed by atoms with Crippen molar-refractivity contribution in [3.8, 4) is 11.3 Å². The molecule has 0 spiro atoms. The van der Waals surface area contributed by atoms with Gasteiger partial charge in [-0.25, -0.2) is 9.97 Å². The van der Waals surface area contributed by atoms with Crippen LogP contribution in [0.25, 0.3) is 27.9 Å². The largest absolute Gasteiger partial charge is 0.296 e. The molecule has 2 aromatic carbocycles. The van der Waals surface area contributed by atoms with E-state index in [-0.39, 0.29) is 0 Å². The first-order valence-corrected chi connectivity index (χ1v) is 6.63. The zero-order valence-corrected chi connectivity index (χ0v) is 11.1. The lowest BCUT2D eigenvalue weighted by Crippen LogP contribution is -1.93. The Balaban J connectivity index is 2.08. The van der Waals surface area contributed by atoms with Crippen LogP contribution in [0.2, 0.25) is 0 Å². The molecule has 96 valence electrons. The van der Waals surface area contributed by atoms with E-state index in [9.17, 15) is 0 Å². The van der Waals surface area contributed by atoms with Gasteiger partial charge in [-0.15, -0.1) is 0 Å². The van der Waals surface area contributed by atoms with E-state index in [1.54, 1.807) is 0 Å². The fraction of sp³-hybridized carbons (Fsp3) is 0.0588. The number of imidazole rings is 1. The number of hydrogen-bond donors (Lipinski definition) is 0. The van der Waals surface area contributed by atoms with Gasteiger partial charge in [0.15, 0.2) is 5.65 Å². The minimum absolute atomic E-state index is 0.919. The Hall–Kier alpha value is -2.68. The van der Waals surface area contributed by atoms with Gasteiger partial charge in [0.05, 0.1) is 22.4 Å². The molecule has 0 bridgehead atoms. The van der Waals surface area contributed by atoms with Crippen molar-refractivity contribution in [3.63, 3.8) is 0 Å². The van der Waals surface area contributed by atoms with Gasteiger partial charge >= 0.3 is 0 Å². The van der Waals surface area contributed by atoms with Crippen LogP contribution in [-0.4, -0.2) is 14.4 Å². The van der Waals surface area contributed by atoms with Crippen molar-refractivity contribution in [2.24, 2.45) is 0 Å². The molecule has 0 amide bonds. The summed E-state index contributed by atoms with van der Waals surface area (Å²) in [4.78, 5) is 9.36. The van der Waals surface area contributed by atoms with Gasteiger partial charge < -0.3 is 0 Å². The summed E-state index contributed by atoms with van der Waals surface area (Å²) in [5, 5.41) is 0. The maximum absolute atomic E-state index is 4.73. The van der Waals surface area contributed by atoms with E-state index < -0.39 is 0 Å². The second-order valence-corrected chi connectivity index (χ2v) is 4.87. The first kappa shape index (κ1) is 11.2. The van der Waals surface area contributed by atoms with Crippen LogP contribution in [0.3, 0.4) is 0 Å². The third kappa shape index (κ3) is 1.60. The highest BCUT2D eigenvalue weighted by Gasteiger charge is 2.10. The van der Waals surface area contributed by atoms with Crippen molar-refractivity contribution in [2.45, 2.75) is 6.92 Å². The third-order valence-electron chi connectivity index (χ3n) is 3.53. The summed E-state index contributed by atoms with van der Waals surface area (Å²) in [7, 11) is 0. The van der Waals surface area contributed by atoms with Gasteiger partial charge in [-0.3, -0.25) is 4.40 Å². The number of para-hydroxylation sites is 2. The minimum Gasteiger partial charge on any atom is -0.296 e. The number of aryl methyl sites for hydroxylation is 1. The molecule has 0 atom stereocenters. The molecule has 4 aromatic rings. The standard InChI is InChI=1S/C17H13N3/c1-12-17-19-15(13-7-3-2-4-8-13)11-20(17)16-10-6-5-9-14(16)18-12/h2-11H,1H3. The zero-order chi connectivity index (χ0) is 13.5. The lowest BCUT2D eigenvalue weighted by Gasteiger charge is -2.02. The number of aromatic nitrogens is 3. The van der Waals surface area contributed by atoms with Gasteiger partial charge in [0.1, 0.15) is 0 Å². The van der Waals surface area contributed by atoms with E-state index in [2.05, 4.69) is 33.8 Å². The minimum atomic E-state index is 0.919. The Labute approximate surface area is 116 Å². The van der Waals surface area contributed by atoms with Crippen LogP contribution in [0.5, 0.6) is 0 Å². The molecule has 0 N–H and O–H groups in total. The maximum Gasteiger partial charge on any atom is 0.159 e. The van der Waals surface area contributed by atoms with Crippen LogP contribution in [0.1, 0.15) is 5.69 Å². The number of benzene rings is 2. The van der Waals surface area contributed by atoms with Gasteiger partial charge in [-0.05, 0) is 19.1 Å². The molecule has 0 aliphatic heterocycles. The molecule has 0 aliphatic carbocycles. The van der Waals surface area contributed by atoms with Crippen molar-refractivity contribution < 1.29 is 0 Å². The van der Waals surface area contributed by atoms with Gasteiger partial charge in [0, 0.05) is 11.8 Å². The van der Waals surface area contributed by atoms with Crippen LogP contribution in [0.15, 0.2) is 60.8 Å². The first-order chi connectivity index (χ1) is 9.83. The molecule has 4 rings (SSSR count). The van der Waals surface area contributed by atoms with Crippen molar-refractivity contribution in [1.82, 2.24) is 14.4 Å². The number of hydrogen-bond acceptors (Lipinski definition) is 2. The second kappa shape index (κ2) is 4.17. The highest BCUT2D eigenvalue weighted by atomic mass is 15.0. The molecule has 0 fully saturated rings. The molecule has 2 aromatic heterocycles. The van der Waals surface area contributed by atoms with E-state index in [0.29, 0.717) is 0 Å². The van der Waals surface area contributed by atoms with Crippen molar-refractivity contribution >= 4 is 16.7 Å². The fourth-order valence-corrected chi connectivity index (χ4v) is 2.56. The first-order valence-electron chi connectivity index (χ1n) is 6.63. The van der Waals surface area contributed by atoms with Crippen LogP contribution in [-0.2, 0) is 0 Å². The van der Waals surface area contributed by atoms with Gasteiger partial charge in [-0.1, -0.05) is 42.5 Å². The van der Waals surface area contributed by atoms with Gasteiger partial charge in [0.2, 0.25) is 0 Å². The lowest BCUT2D eigenvalue weighted by atomic mass is 10.2. The lowest BCUT2D eigenvalue weighted by molar-refractivity contribution is 1.15. The molecule has 2 heterocycles. The van der Waals surface area contributed by atoms with Crippen molar-refractivity contribution in [3.05, 3.63) is 66.5 Å². The number of fused-ring (bicyclic) bond motifs is 3. The normalized spacial score (nSPS) is 11.2. The third-order valence-corrected chi connectivity index (χ3v) is 3.53. The second-order valence-electron chi connectivity index (χ2n) is 4.87. The molecule has 20 heavy (non-hydrogen) atoms. The molecular weight excluding hydrogens is 246 g/mol. The van der Waals surface area contributed by atoms with Crippen molar-refractivity contribution in [2.75, 3.05) is 0 Å². The van der Waals surface area contributed by atoms with Crippen molar-refractivity contribution in [1.29, 1.82) is 0 Å². The van der Waals surface area contributed by atoms with E-state index in [1.165, 1.54) is 0 Å². The molecule has 0 saturated carbocycles. The summed E-state index contributed by atoms with van der Waals surface area (Å²) in [6, 6.07) is 18.4. The van der Waals surface area contributed by atoms with Gasteiger partial charge in [-0.2, -0.15) is 0 Å². The predicted molar refractivity (Wildman–Crippen MR) is 80.7 cm³/mol. The Kier molecular flexibility index (Phi) is 2.33. The monoisotopic (exact) mass is 259 g/mol. The highest BCUT2D eigenvalue weighted by Crippen LogP contribution is 2.23. The summed E-state index contributed by atoms with van der Waals surface area (Å²) < 4.78 is 2.12. The molecule has 3 nitrogen and oxygen atoms in total. The highest BCUT2D eigenvalue weighted by molar-refractivity contribution is 5.80. The molecule has 0 aliphatic rings. The summed E-state index contributed by atoms with van der Waals surface area (Å²) in [6.45, 7) is 2.00. The van der Waals surface area contributed by atoms with Crippen LogP contribution in [0.4, 0.5) is 0 Å². The molecular formula is C17H13N3. The molecule has 0 radical (unpaired) electrons. The number of nitrogens with zero attached hydrogens (tertiary/aromatic N) is 3. The smallest absolute Gasteiger partial charge is 0.159 e. The zero-order valence-electron chi connectivity index (χ0n) is 11.1. The maximum atomic E-state index is 4.73. The van der Waals surface area contributed by atoms with Gasteiger partial charge in [0.25, 0.3) is 0 Å². The van der Waals surface area contributed by atoms with Crippen LogP contribution >= 0.6 is 0 Å². The van der Waals surface area contributed by atoms with Crippen LogP contribution in [0, 0.1) is 6.92 Å². The predicted octanol–water partition coefficient (Wildman–Crippen LogP) is 3.86. The quantitative estimate of drug-likeness (QED) is 0.519. The van der Waals surface area contributed by atoms with Crippen LogP contribution < -0.4 is 0 Å². The van der Waals surface area contributed by atoms with E-state index >= 15 is 0 Å².